The second-order valence-corrected chi connectivity index (χ2v) is 6.52. The highest BCUT2D eigenvalue weighted by Crippen LogP contribution is 2.23. The van der Waals surface area contributed by atoms with E-state index in [0.29, 0.717) is 11.1 Å². The van der Waals surface area contributed by atoms with Crippen LogP contribution in [0.25, 0.3) is 11.0 Å². The number of likely N-dealkylation sites (N-methyl/N-ethyl adjacent to an activating group) is 1. The molecule has 6 nitrogen and oxygen atoms in total. The summed E-state index contributed by atoms with van der Waals surface area (Å²) in [6, 6.07) is 16.1. The van der Waals surface area contributed by atoms with E-state index < -0.39 is 0 Å². The molecular formula is C19H21N5O. The van der Waals surface area contributed by atoms with Gasteiger partial charge in [0, 0.05) is 37.4 Å². The quantitative estimate of drug-likeness (QED) is 0.799. The molecule has 1 aliphatic heterocycles. The number of para-hydroxylation sites is 1. The number of benzene rings is 2. The van der Waals surface area contributed by atoms with Crippen LogP contribution in [-0.4, -0.2) is 52.4 Å². The number of aromatic nitrogens is 3. The van der Waals surface area contributed by atoms with Crippen LogP contribution in [0.3, 0.4) is 0 Å². The standard InChI is InChI=1S/C19H21N5O/c1-23(19(25)14-9-10-17-18(12-14)21-22-20-17)16-8-5-11-24(13-16)15-6-3-2-4-7-15/h2-4,6-7,9-10,12,16H,5,8,11,13H2,1H3,(H,20,21,22)/t16-/m0/s1. The summed E-state index contributed by atoms with van der Waals surface area (Å²) in [7, 11) is 1.90. The SMILES string of the molecule is CN(C(=O)c1ccc2n[nH]nc2c1)[C@H]1CCCN(c2ccccc2)C1. The zero-order valence-electron chi connectivity index (χ0n) is 14.2. The van der Waals surface area contributed by atoms with Gasteiger partial charge in [0.25, 0.3) is 5.91 Å². The molecule has 2 heterocycles. The van der Waals surface area contributed by atoms with Crippen molar-refractivity contribution >= 4 is 22.6 Å². The van der Waals surface area contributed by atoms with Crippen molar-refractivity contribution in [1.82, 2.24) is 20.3 Å². The number of hydrogen-bond donors (Lipinski definition) is 1. The molecule has 128 valence electrons. The number of piperidine rings is 1. The predicted molar refractivity (Wildman–Crippen MR) is 97.7 cm³/mol. The molecular weight excluding hydrogens is 314 g/mol. The number of carbonyl (C=O) groups excluding carboxylic acids is 1. The van der Waals surface area contributed by atoms with Gasteiger partial charge in [-0.25, -0.2) is 0 Å². The van der Waals surface area contributed by atoms with Crippen molar-refractivity contribution in [1.29, 1.82) is 0 Å². The zero-order valence-corrected chi connectivity index (χ0v) is 14.2. The summed E-state index contributed by atoms with van der Waals surface area (Å²) in [6.07, 6.45) is 2.11. The molecule has 6 heteroatoms. The summed E-state index contributed by atoms with van der Waals surface area (Å²) in [4.78, 5) is 17.1. The maximum Gasteiger partial charge on any atom is 0.253 e. The van der Waals surface area contributed by atoms with Crippen molar-refractivity contribution in [2.75, 3.05) is 25.0 Å². The monoisotopic (exact) mass is 335 g/mol. The third-order valence-electron chi connectivity index (χ3n) is 4.95. The van der Waals surface area contributed by atoms with Crippen molar-refractivity contribution in [3.8, 4) is 0 Å². The van der Waals surface area contributed by atoms with Crippen LogP contribution in [0.5, 0.6) is 0 Å². The van der Waals surface area contributed by atoms with Gasteiger partial charge in [0.15, 0.2) is 0 Å². The lowest BCUT2D eigenvalue weighted by atomic mass is 10.0. The Kier molecular flexibility index (Phi) is 4.09. The Morgan fingerprint density at radius 1 is 1.16 bits per heavy atom. The predicted octanol–water partition coefficient (Wildman–Crippen LogP) is 2.70. The van der Waals surface area contributed by atoms with Crippen LogP contribution in [0.1, 0.15) is 23.2 Å². The Morgan fingerprint density at radius 2 is 1.96 bits per heavy atom. The van der Waals surface area contributed by atoms with E-state index in [9.17, 15) is 4.79 Å². The van der Waals surface area contributed by atoms with Gasteiger partial charge in [0.1, 0.15) is 11.0 Å². The lowest BCUT2D eigenvalue weighted by Crippen LogP contribution is -2.48. The Labute approximate surface area is 146 Å². The van der Waals surface area contributed by atoms with E-state index in [2.05, 4.69) is 44.6 Å². The molecule has 1 N–H and O–H groups in total. The number of amides is 1. The van der Waals surface area contributed by atoms with Crippen LogP contribution >= 0.6 is 0 Å². The Hall–Kier alpha value is -2.89. The van der Waals surface area contributed by atoms with Crippen LogP contribution in [-0.2, 0) is 0 Å². The summed E-state index contributed by atoms with van der Waals surface area (Å²) in [6.45, 7) is 1.89. The molecule has 0 radical (unpaired) electrons. The van der Waals surface area contributed by atoms with E-state index in [-0.39, 0.29) is 11.9 Å². The van der Waals surface area contributed by atoms with Gasteiger partial charge in [0.05, 0.1) is 0 Å². The van der Waals surface area contributed by atoms with Crippen LogP contribution in [0, 0.1) is 0 Å². The van der Waals surface area contributed by atoms with Crippen LogP contribution in [0.2, 0.25) is 0 Å². The van der Waals surface area contributed by atoms with E-state index in [1.807, 2.05) is 30.1 Å². The summed E-state index contributed by atoms with van der Waals surface area (Å²) >= 11 is 0. The zero-order chi connectivity index (χ0) is 17.2. The first-order valence-electron chi connectivity index (χ1n) is 8.60. The first kappa shape index (κ1) is 15.6. The average molecular weight is 335 g/mol. The molecule has 1 atom stereocenters. The number of anilines is 1. The summed E-state index contributed by atoms with van der Waals surface area (Å²) in [5.41, 5.74) is 3.36. The Bertz CT molecular complexity index is 876. The number of fused-ring (bicyclic) bond motifs is 1. The molecule has 3 aromatic rings. The molecule has 0 unspecified atom stereocenters. The van der Waals surface area contributed by atoms with Crippen LogP contribution < -0.4 is 4.90 Å². The first-order valence-corrected chi connectivity index (χ1v) is 8.60. The van der Waals surface area contributed by atoms with Gasteiger partial charge in [-0.05, 0) is 43.2 Å². The maximum absolute atomic E-state index is 12.9. The number of nitrogens with one attached hydrogen (secondary N) is 1. The molecule has 0 bridgehead atoms. The minimum atomic E-state index is 0.0322. The third kappa shape index (κ3) is 3.07. The minimum absolute atomic E-state index is 0.0322. The number of carbonyl (C=O) groups is 1. The number of aromatic amines is 1. The summed E-state index contributed by atoms with van der Waals surface area (Å²) in [5.74, 6) is 0.0322. The molecule has 0 saturated carbocycles. The largest absolute Gasteiger partial charge is 0.369 e. The molecule has 1 aliphatic rings. The molecule has 0 spiro atoms. The second kappa shape index (κ2) is 6.55. The fraction of sp³-hybridized carbons (Fsp3) is 0.316. The van der Waals surface area contributed by atoms with E-state index in [0.717, 1.165) is 31.4 Å². The number of nitrogens with zero attached hydrogens (tertiary/aromatic N) is 4. The van der Waals surface area contributed by atoms with Crippen molar-refractivity contribution in [3.05, 3.63) is 54.1 Å². The molecule has 1 fully saturated rings. The van der Waals surface area contributed by atoms with Crippen molar-refractivity contribution in [2.24, 2.45) is 0 Å². The molecule has 4 rings (SSSR count). The summed E-state index contributed by atoms with van der Waals surface area (Å²) < 4.78 is 0. The lowest BCUT2D eigenvalue weighted by Gasteiger charge is -2.38. The number of hydrogen-bond acceptors (Lipinski definition) is 4. The van der Waals surface area contributed by atoms with Crippen LogP contribution in [0.15, 0.2) is 48.5 Å². The number of H-pyrrole nitrogens is 1. The fourth-order valence-electron chi connectivity index (χ4n) is 3.49. The minimum Gasteiger partial charge on any atom is -0.369 e. The molecule has 2 aromatic carbocycles. The molecule has 0 aliphatic carbocycles. The van der Waals surface area contributed by atoms with Gasteiger partial charge in [-0.2, -0.15) is 15.4 Å². The van der Waals surface area contributed by atoms with Crippen LogP contribution in [0.4, 0.5) is 5.69 Å². The van der Waals surface area contributed by atoms with E-state index in [1.165, 1.54) is 5.69 Å². The van der Waals surface area contributed by atoms with Crippen molar-refractivity contribution < 1.29 is 4.79 Å². The smallest absolute Gasteiger partial charge is 0.253 e. The number of rotatable bonds is 3. The van der Waals surface area contributed by atoms with E-state index >= 15 is 0 Å². The topological polar surface area (TPSA) is 65.1 Å². The highest BCUT2D eigenvalue weighted by atomic mass is 16.2. The van der Waals surface area contributed by atoms with Gasteiger partial charge in [-0.1, -0.05) is 18.2 Å². The highest BCUT2D eigenvalue weighted by molar-refractivity contribution is 5.97. The van der Waals surface area contributed by atoms with Gasteiger partial charge in [-0.15, -0.1) is 0 Å². The summed E-state index contributed by atoms with van der Waals surface area (Å²) in [5, 5.41) is 10.7. The molecule has 1 saturated heterocycles. The maximum atomic E-state index is 12.9. The van der Waals surface area contributed by atoms with E-state index in [1.54, 1.807) is 6.07 Å². The van der Waals surface area contributed by atoms with Gasteiger partial charge in [-0.3, -0.25) is 4.79 Å². The van der Waals surface area contributed by atoms with Crippen molar-refractivity contribution in [3.63, 3.8) is 0 Å². The Morgan fingerprint density at radius 3 is 2.80 bits per heavy atom. The molecule has 25 heavy (non-hydrogen) atoms. The van der Waals surface area contributed by atoms with Crippen molar-refractivity contribution in [2.45, 2.75) is 18.9 Å². The van der Waals surface area contributed by atoms with Gasteiger partial charge >= 0.3 is 0 Å². The van der Waals surface area contributed by atoms with Gasteiger partial charge in [0.2, 0.25) is 0 Å². The second-order valence-electron chi connectivity index (χ2n) is 6.52. The molecule has 1 amide bonds. The lowest BCUT2D eigenvalue weighted by molar-refractivity contribution is 0.0717. The van der Waals surface area contributed by atoms with E-state index in [4.69, 9.17) is 0 Å². The Balaban J connectivity index is 1.51. The fourth-order valence-corrected chi connectivity index (χ4v) is 3.49. The highest BCUT2D eigenvalue weighted by Gasteiger charge is 2.27. The first-order chi connectivity index (χ1) is 12.2. The third-order valence-corrected chi connectivity index (χ3v) is 4.95. The average Bonchev–Trinajstić information content (AvgIpc) is 3.15. The van der Waals surface area contributed by atoms with Gasteiger partial charge < -0.3 is 9.80 Å². The normalized spacial score (nSPS) is 17.6. The molecule has 1 aromatic heterocycles.